The molecule has 1 amide bonds. The summed E-state index contributed by atoms with van der Waals surface area (Å²) in [6, 6.07) is 6.00. The molecule has 1 aromatic rings. The smallest absolute Gasteiger partial charge is 0.221 e. The highest BCUT2D eigenvalue weighted by Crippen LogP contribution is 2.27. The number of carbonyl (C=O) groups is 1. The molecule has 3 heteroatoms. The fraction of sp³-hybridized carbons (Fsp3) is 0.471. The maximum Gasteiger partial charge on any atom is 0.221 e. The molecule has 2 atom stereocenters. The van der Waals surface area contributed by atoms with Gasteiger partial charge >= 0.3 is 0 Å². The molecular formula is C17H23NO2. The zero-order valence-corrected chi connectivity index (χ0v) is 12.5. The summed E-state index contributed by atoms with van der Waals surface area (Å²) in [5.74, 6) is 1.34. The molecule has 1 aliphatic rings. The van der Waals surface area contributed by atoms with Crippen molar-refractivity contribution in [3.05, 3.63) is 41.5 Å². The van der Waals surface area contributed by atoms with Crippen molar-refractivity contribution in [3.63, 3.8) is 0 Å². The van der Waals surface area contributed by atoms with Gasteiger partial charge in [-0.15, -0.1) is 0 Å². The second kappa shape index (κ2) is 6.60. The van der Waals surface area contributed by atoms with Crippen LogP contribution in [0.2, 0.25) is 0 Å². The van der Waals surface area contributed by atoms with E-state index in [1.807, 2.05) is 26.0 Å². The van der Waals surface area contributed by atoms with Gasteiger partial charge in [-0.25, -0.2) is 0 Å². The zero-order valence-electron chi connectivity index (χ0n) is 12.5. The van der Waals surface area contributed by atoms with E-state index in [0.717, 1.165) is 24.2 Å². The molecule has 0 spiro atoms. The highest BCUT2D eigenvalue weighted by molar-refractivity contribution is 5.77. The Kier molecular flexibility index (Phi) is 4.83. The third kappa shape index (κ3) is 3.62. The highest BCUT2D eigenvalue weighted by Gasteiger charge is 2.18. The summed E-state index contributed by atoms with van der Waals surface area (Å²) >= 11 is 0. The number of amides is 1. The Hall–Kier alpha value is -1.77. The van der Waals surface area contributed by atoms with E-state index in [1.165, 1.54) is 5.56 Å². The molecule has 1 N–H and O–H groups in total. The Morgan fingerprint density at radius 1 is 1.50 bits per heavy atom. The van der Waals surface area contributed by atoms with Crippen LogP contribution in [0, 0.1) is 12.8 Å². The summed E-state index contributed by atoms with van der Waals surface area (Å²) in [4.78, 5) is 12.1. The van der Waals surface area contributed by atoms with Crippen LogP contribution in [0.1, 0.15) is 43.4 Å². The molecule has 1 aliphatic carbocycles. The Morgan fingerprint density at radius 3 is 2.95 bits per heavy atom. The Balaban J connectivity index is 2.00. The molecule has 2 rings (SSSR count). The second-order valence-electron chi connectivity index (χ2n) is 5.50. The molecule has 1 aromatic carbocycles. The number of ether oxygens (including phenoxy) is 1. The fourth-order valence-electron chi connectivity index (χ4n) is 2.67. The summed E-state index contributed by atoms with van der Waals surface area (Å²) < 4.78 is 5.37. The van der Waals surface area contributed by atoms with Gasteiger partial charge in [0.2, 0.25) is 5.91 Å². The number of benzene rings is 1. The molecule has 0 aliphatic heterocycles. The molecular weight excluding hydrogens is 250 g/mol. The summed E-state index contributed by atoms with van der Waals surface area (Å²) in [7, 11) is 1.66. The second-order valence-corrected chi connectivity index (χ2v) is 5.50. The Bertz CT molecular complexity index is 508. The molecule has 0 bridgehead atoms. The lowest BCUT2D eigenvalue weighted by Crippen LogP contribution is -2.28. The minimum Gasteiger partial charge on any atom is -0.496 e. The molecule has 0 saturated carbocycles. The monoisotopic (exact) mass is 273 g/mol. The van der Waals surface area contributed by atoms with Gasteiger partial charge in [0, 0.05) is 12.0 Å². The van der Waals surface area contributed by atoms with Crippen molar-refractivity contribution in [2.75, 3.05) is 7.11 Å². The lowest BCUT2D eigenvalue weighted by molar-refractivity contribution is -0.122. The van der Waals surface area contributed by atoms with Gasteiger partial charge in [-0.3, -0.25) is 4.79 Å². The maximum atomic E-state index is 12.1. The largest absolute Gasteiger partial charge is 0.496 e. The molecule has 0 fully saturated rings. The number of rotatable bonds is 5. The molecule has 0 saturated heterocycles. The Labute approximate surface area is 121 Å². The van der Waals surface area contributed by atoms with Crippen molar-refractivity contribution in [1.82, 2.24) is 5.32 Å². The Morgan fingerprint density at radius 2 is 2.30 bits per heavy atom. The van der Waals surface area contributed by atoms with Crippen molar-refractivity contribution in [1.29, 1.82) is 0 Å². The SMILES string of the molecule is COc1ccc(C)cc1[C@@H](C)NC(=O)C[C@@H]1C=CCC1. The van der Waals surface area contributed by atoms with Gasteiger partial charge in [0.05, 0.1) is 13.2 Å². The van der Waals surface area contributed by atoms with E-state index in [-0.39, 0.29) is 11.9 Å². The summed E-state index contributed by atoms with van der Waals surface area (Å²) in [6.45, 7) is 4.04. The average Bonchev–Trinajstić information content (AvgIpc) is 2.91. The average molecular weight is 273 g/mol. The molecule has 108 valence electrons. The maximum absolute atomic E-state index is 12.1. The quantitative estimate of drug-likeness (QED) is 0.833. The van der Waals surface area contributed by atoms with Crippen molar-refractivity contribution in [2.45, 2.75) is 39.2 Å². The number of carbonyl (C=O) groups excluding carboxylic acids is 1. The van der Waals surface area contributed by atoms with E-state index in [0.29, 0.717) is 12.3 Å². The van der Waals surface area contributed by atoms with Crippen LogP contribution in [-0.4, -0.2) is 13.0 Å². The van der Waals surface area contributed by atoms with Crippen LogP contribution in [0.3, 0.4) is 0 Å². The predicted molar refractivity (Wildman–Crippen MR) is 80.8 cm³/mol. The summed E-state index contributed by atoms with van der Waals surface area (Å²) in [5, 5.41) is 3.07. The summed E-state index contributed by atoms with van der Waals surface area (Å²) in [6.07, 6.45) is 7.08. The van der Waals surface area contributed by atoms with Gasteiger partial charge in [0.1, 0.15) is 5.75 Å². The van der Waals surface area contributed by atoms with E-state index in [4.69, 9.17) is 4.74 Å². The van der Waals surface area contributed by atoms with Gasteiger partial charge in [-0.2, -0.15) is 0 Å². The van der Waals surface area contributed by atoms with Crippen LogP contribution >= 0.6 is 0 Å². The van der Waals surface area contributed by atoms with E-state index >= 15 is 0 Å². The van der Waals surface area contributed by atoms with Gasteiger partial charge in [0.25, 0.3) is 0 Å². The first-order valence-electron chi connectivity index (χ1n) is 7.20. The number of aryl methyl sites for hydroxylation is 1. The first-order valence-corrected chi connectivity index (χ1v) is 7.20. The van der Waals surface area contributed by atoms with Crippen LogP contribution in [0.25, 0.3) is 0 Å². The molecule has 0 radical (unpaired) electrons. The van der Waals surface area contributed by atoms with Crippen molar-refractivity contribution < 1.29 is 9.53 Å². The van der Waals surface area contributed by atoms with E-state index in [9.17, 15) is 4.79 Å². The van der Waals surface area contributed by atoms with Crippen LogP contribution in [0.15, 0.2) is 30.4 Å². The first kappa shape index (κ1) is 14.6. The van der Waals surface area contributed by atoms with Crippen LogP contribution in [0.5, 0.6) is 5.75 Å². The van der Waals surface area contributed by atoms with Gasteiger partial charge < -0.3 is 10.1 Å². The number of hydrogen-bond donors (Lipinski definition) is 1. The van der Waals surface area contributed by atoms with Gasteiger partial charge in [0.15, 0.2) is 0 Å². The van der Waals surface area contributed by atoms with Crippen molar-refractivity contribution in [2.24, 2.45) is 5.92 Å². The number of nitrogens with one attached hydrogen (secondary N) is 1. The third-order valence-corrected chi connectivity index (χ3v) is 3.79. The molecule has 20 heavy (non-hydrogen) atoms. The third-order valence-electron chi connectivity index (χ3n) is 3.79. The number of allylic oxidation sites excluding steroid dienone is 2. The first-order chi connectivity index (χ1) is 9.60. The minimum atomic E-state index is -0.0391. The van der Waals surface area contributed by atoms with Crippen molar-refractivity contribution in [3.8, 4) is 5.75 Å². The number of hydrogen-bond acceptors (Lipinski definition) is 2. The molecule has 0 aromatic heterocycles. The van der Waals surface area contributed by atoms with Gasteiger partial charge in [-0.1, -0.05) is 29.8 Å². The normalized spacial score (nSPS) is 18.9. The standard InChI is InChI=1S/C17H23NO2/c1-12-8-9-16(20-3)15(10-12)13(2)18-17(19)11-14-6-4-5-7-14/h4,6,8-10,13-14H,5,7,11H2,1-3H3,(H,18,19)/t13-,14-/m1/s1. The van der Waals surface area contributed by atoms with Crippen LogP contribution in [0.4, 0.5) is 0 Å². The lowest BCUT2D eigenvalue weighted by Gasteiger charge is -2.19. The van der Waals surface area contributed by atoms with Crippen molar-refractivity contribution >= 4 is 5.91 Å². The fourth-order valence-corrected chi connectivity index (χ4v) is 2.67. The topological polar surface area (TPSA) is 38.3 Å². The van der Waals surface area contributed by atoms with Crippen LogP contribution < -0.4 is 10.1 Å². The lowest BCUT2D eigenvalue weighted by atomic mass is 10.0. The van der Waals surface area contributed by atoms with Gasteiger partial charge in [-0.05, 0) is 38.7 Å². The zero-order chi connectivity index (χ0) is 14.5. The number of methoxy groups -OCH3 is 1. The van der Waals surface area contributed by atoms with E-state index in [1.54, 1.807) is 7.11 Å². The molecule has 3 nitrogen and oxygen atoms in total. The molecule has 0 unspecified atom stereocenters. The molecule has 0 heterocycles. The van der Waals surface area contributed by atoms with Crippen LogP contribution in [-0.2, 0) is 4.79 Å². The van der Waals surface area contributed by atoms with E-state index in [2.05, 4.69) is 23.5 Å². The minimum absolute atomic E-state index is 0.0391. The van der Waals surface area contributed by atoms with E-state index < -0.39 is 0 Å². The predicted octanol–water partition coefficient (Wildman–Crippen LogP) is 3.54. The highest BCUT2D eigenvalue weighted by atomic mass is 16.5. The summed E-state index contributed by atoms with van der Waals surface area (Å²) in [5.41, 5.74) is 2.20.